The summed E-state index contributed by atoms with van der Waals surface area (Å²) < 4.78 is 14.7. The number of hydrogen-bond acceptors (Lipinski definition) is 4. The fourth-order valence-corrected chi connectivity index (χ4v) is 5.32. The van der Waals surface area contributed by atoms with E-state index in [9.17, 15) is 9.18 Å². The van der Waals surface area contributed by atoms with Crippen LogP contribution < -0.4 is 5.32 Å². The molecule has 0 radical (unpaired) electrons. The number of para-hydroxylation sites is 1. The molecule has 1 unspecified atom stereocenters. The van der Waals surface area contributed by atoms with E-state index < -0.39 is 0 Å². The van der Waals surface area contributed by atoms with Crippen molar-refractivity contribution in [3.8, 4) is 0 Å². The molecule has 1 atom stereocenters. The Kier molecular flexibility index (Phi) is 5.22. The molecule has 4 rings (SSSR count). The molecule has 1 aliphatic heterocycles. The summed E-state index contributed by atoms with van der Waals surface area (Å²) in [5.74, 6) is 0.717. The van der Waals surface area contributed by atoms with Crippen LogP contribution in [0.25, 0.3) is 10.2 Å². The molecular weight excluding hydrogens is 367 g/mol. The van der Waals surface area contributed by atoms with Gasteiger partial charge in [-0.25, -0.2) is 9.37 Å². The normalized spacial score (nSPS) is 16.4. The van der Waals surface area contributed by atoms with E-state index in [0.29, 0.717) is 6.42 Å². The summed E-state index contributed by atoms with van der Waals surface area (Å²) in [6.45, 7) is 0. The fourth-order valence-electron chi connectivity index (χ4n) is 3.21. The predicted octanol–water partition coefficient (Wildman–Crippen LogP) is 5.11. The Morgan fingerprint density at radius 1 is 1.27 bits per heavy atom. The molecule has 0 aliphatic carbocycles. The molecule has 1 N–H and O–H groups in total. The summed E-state index contributed by atoms with van der Waals surface area (Å²) in [5, 5.41) is 4.15. The number of carbonyl (C=O) groups is 1. The lowest BCUT2D eigenvalue weighted by Crippen LogP contribution is -2.30. The summed E-state index contributed by atoms with van der Waals surface area (Å²) in [5.41, 5.74) is 1.93. The highest BCUT2D eigenvalue weighted by molar-refractivity contribution is 7.99. The van der Waals surface area contributed by atoms with Crippen molar-refractivity contribution in [2.75, 3.05) is 5.75 Å². The third-order valence-corrected chi connectivity index (χ3v) is 6.70. The van der Waals surface area contributed by atoms with E-state index in [0.717, 1.165) is 46.0 Å². The van der Waals surface area contributed by atoms with Gasteiger partial charge in [0.25, 0.3) is 0 Å². The molecule has 2 aromatic carbocycles. The number of aromatic nitrogens is 1. The highest BCUT2D eigenvalue weighted by Crippen LogP contribution is 2.36. The van der Waals surface area contributed by atoms with E-state index in [-0.39, 0.29) is 17.8 Å². The van der Waals surface area contributed by atoms with Gasteiger partial charge in [0.15, 0.2) is 0 Å². The number of nitrogens with zero attached hydrogens (tertiary/aromatic N) is 1. The summed E-state index contributed by atoms with van der Waals surface area (Å²) in [6, 6.07) is 12.8. The maximum absolute atomic E-state index is 13.6. The molecule has 134 valence electrons. The average molecular weight is 387 g/mol. The van der Waals surface area contributed by atoms with Gasteiger partial charge < -0.3 is 5.32 Å². The Bertz CT molecular complexity index is 907. The number of thiazole rings is 1. The first-order chi connectivity index (χ1) is 12.7. The van der Waals surface area contributed by atoms with E-state index in [4.69, 9.17) is 0 Å². The molecule has 0 fully saturated rings. The second-order valence-electron chi connectivity index (χ2n) is 6.37. The number of rotatable bonds is 5. The zero-order chi connectivity index (χ0) is 17.9. The van der Waals surface area contributed by atoms with Crippen LogP contribution in [0.1, 0.15) is 35.9 Å². The van der Waals surface area contributed by atoms with Crippen molar-refractivity contribution in [1.82, 2.24) is 10.3 Å². The van der Waals surface area contributed by atoms with Crippen LogP contribution >= 0.6 is 23.1 Å². The van der Waals surface area contributed by atoms with Gasteiger partial charge in [0, 0.05) is 17.1 Å². The molecule has 3 aromatic rings. The molecule has 1 aliphatic rings. The molecule has 0 bridgehead atoms. The second-order valence-corrected chi connectivity index (χ2v) is 8.62. The van der Waals surface area contributed by atoms with Crippen molar-refractivity contribution >= 4 is 39.2 Å². The molecule has 26 heavy (non-hydrogen) atoms. The number of carbonyl (C=O) groups excluding carboxylic acids is 1. The summed E-state index contributed by atoms with van der Waals surface area (Å²) >= 11 is 3.41. The highest BCUT2D eigenvalue weighted by Gasteiger charge is 2.22. The second kappa shape index (κ2) is 7.76. The summed E-state index contributed by atoms with van der Waals surface area (Å²) in [4.78, 5) is 18.0. The molecule has 1 aromatic heterocycles. The molecule has 0 saturated carbocycles. The number of benzene rings is 2. The van der Waals surface area contributed by atoms with Gasteiger partial charge in [0.2, 0.25) is 5.91 Å². The van der Waals surface area contributed by atoms with Crippen molar-refractivity contribution < 1.29 is 9.18 Å². The maximum atomic E-state index is 13.6. The molecule has 6 heteroatoms. The van der Waals surface area contributed by atoms with Crippen LogP contribution in [0.15, 0.2) is 47.4 Å². The smallest absolute Gasteiger partial charge is 0.220 e. The van der Waals surface area contributed by atoms with Crippen molar-refractivity contribution in [3.05, 3.63) is 58.9 Å². The lowest BCUT2D eigenvalue weighted by molar-refractivity contribution is -0.122. The SMILES string of the molecule is O=C(CCCc1nc2ccccc2s1)NC1CCSc2ccc(F)cc21. The summed E-state index contributed by atoms with van der Waals surface area (Å²) in [7, 11) is 0. The van der Waals surface area contributed by atoms with Gasteiger partial charge in [-0.05, 0) is 55.2 Å². The predicted molar refractivity (Wildman–Crippen MR) is 105 cm³/mol. The van der Waals surface area contributed by atoms with Gasteiger partial charge in [0.1, 0.15) is 5.82 Å². The van der Waals surface area contributed by atoms with Gasteiger partial charge in [-0.1, -0.05) is 12.1 Å². The Balaban J connectivity index is 1.33. The minimum absolute atomic E-state index is 0.0261. The van der Waals surface area contributed by atoms with Crippen LogP contribution in [0.3, 0.4) is 0 Å². The minimum atomic E-state index is -0.249. The van der Waals surface area contributed by atoms with E-state index in [1.807, 2.05) is 18.2 Å². The fraction of sp³-hybridized carbons (Fsp3) is 0.300. The lowest BCUT2D eigenvalue weighted by Gasteiger charge is -2.26. The topological polar surface area (TPSA) is 42.0 Å². The number of thioether (sulfide) groups is 1. The quantitative estimate of drug-likeness (QED) is 0.662. The third kappa shape index (κ3) is 3.91. The number of hydrogen-bond donors (Lipinski definition) is 1. The minimum Gasteiger partial charge on any atom is -0.349 e. The van der Waals surface area contributed by atoms with E-state index in [1.54, 1.807) is 35.2 Å². The van der Waals surface area contributed by atoms with Crippen LogP contribution in [-0.2, 0) is 11.2 Å². The zero-order valence-electron chi connectivity index (χ0n) is 14.2. The molecule has 1 amide bonds. The van der Waals surface area contributed by atoms with Crippen molar-refractivity contribution in [1.29, 1.82) is 0 Å². The third-order valence-electron chi connectivity index (χ3n) is 4.48. The Labute approximate surface area is 160 Å². The van der Waals surface area contributed by atoms with Gasteiger partial charge in [0.05, 0.1) is 21.3 Å². The van der Waals surface area contributed by atoms with Crippen LogP contribution in [0, 0.1) is 5.82 Å². The zero-order valence-corrected chi connectivity index (χ0v) is 15.8. The van der Waals surface area contributed by atoms with Gasteiger partial charge >= 0.3 is 0 Å². The number of nitrogens with one attached hydrogen (secondary N) is 1. The monoisotopic (exact) mass is 386 g/mol. The van der Waals surface area contributed by atoms with E-state index in [1.165, 1.54) is 10.8 Å². The summed E-state index contributed by atoms with van der Waals surface area (Å²) in [6.07, 6.45) is 2.87. The first-order valence-electron chi connectivity index (χ1n) is 8.75. The van der Waals surface area contributed by atoms with Crippen LogP contribution in [0.4, 0.5) is 4.39 Å². The lowest BCUT2D eigenvalue weighted by atomic mass is 10.0. The van der Waals surface area contributed by atoms with E-state index in [2.05, 4.69) is 16.4 Å². The average Bonchev–Trinajstić information content (AvgIpc) is 3.05. The number of aryl methyl sites for hydroxylation is 1. The Morgan fingerprint density at radius 2 is 2.15 bits per heavy atom. The van der Waals surface area contributed by atoms with Crippen molar-refractivity contribution in [3.63, 3.8) is 0 Å². The van der Waals surface area contributed by atoms with Crippen molar-refractivity contribution in [2.45, 2.75) is 36.6 Å². The first-order valence-corrected chi connectivity index (χ1v) is 10.6. The first kappa shape index (κ1) is 17.5. The molecular formula is C20H19FN2OS2. The Hall–Kier alpha value is -1.92. The largest absolute Gasteiger partial charge is 0.349 e. The van der Waals surface area contributed by atoms with Crippen molar-refractivity contribution in [2.24, 2.45) is 0 Å². The van der Waals surface area contributed by atoms with Gasteiger partial charge in [-0.3, -0.25) is 4.79 Å². The highest BCUT2D eigenvalue weighted by atomic mass is 32.2. The number of amides is 1. The van der Waals surface area contributed by atoms with Gasteiger partial charge in [-0.15, -0.1) is 23.1 Å². The number of halogens is 1. The molecule has 0 spiro atoms. The standard InChI is InChI=1S/C20H19FN2OS2/c21-13-8-9-17-14(12-13)15(10-11-25-17)22-19(24)6-3-7-20-23-16-4-1-2-5-18(16)26-20/h1-2,4-5,8-9,12,15H,3,6-7,10-11H2,(H,22,24). The van der Waals surface area contributed by atoms with Crippen LogP contribution in [0.5, 0.6) is 0 Å². The molecule has 0 saturated heterocycles. The van der Waals surface area contributed by atoms with Crippen LogP contribution in [0.2, 0.25) is 0 Å². The number of fused-ring (bicyclic) bond motifs is 2. The van der Waals surface area contributed by atoms with E-state index >= 15 is 0 Å². The molecule has 2 heterocycles. The Morgan fingerprint density at radius 3 is 3.04 bits per heavy atom. The molecule has 3 nitrogen and oxygen atoms in total. The van der Waals surface area contributed by atoms with Gasteiger partial charge in [-0.2, -0.15) is 0 Å². The maximum Gasteiger partial charge on any atom is 0.220 e. The van der Waals surface area contributed by atoms with Crippen LogP contribution in [-0.4, -0.2) is 16.6 Å².